The van der Waals surface area contributed by atoms with E-state index >= 15 is 0 Å². The number of furan rings is 1. The summed E-state index contributed by atoms with van der Waals surface area (Å²) in [5.41, 5.74) is 1.28. The summed E-state index contributed by atoms with van der Waals surface area (Å²) >= 11 is 0. The van der Waals surface area contributed by atoms with E-state index < -0.39 is 6.10 Å². The van der Waals surface area contributed by atoms with E-state index in [0.717, 1.165) is 43.3 Å². The first kappa shape index (κ1) is 20.9. The van der Waals surface area contributed by atoms with Crippen molar-refractivity contribution in [3.05, 3.63) is 53.5 Å². The molecule has 0 amide bonds. The van der Waals surface area contributed by atoms with Gasteiger partial charge in [-0.25, -0.2) is 0 Å². The molecule has 1 fully saturated rings. The number of ether oxygens (including phenoxy) is 2. The van der Waals surface area contributed by atoms with Gasteiger partial charge >= 0.3 is 0 Å². The zero-order chi connectivity index (χ0) is 19.9. The van der Waals surface area contributed by atoms with Gasteiger partial charge in [0.05, 0.1) is 12.6 Å². The van der Waals surface area contributed by atoms with Crippen molar-refractivity contribution in [1.82, 2.24) is 4.90 Å². The zero-order valence-corrected chi connectivity index (χ0v) is 17.3. The van der Waals surface area contributed by atoms with Gasteiger partial charge < -0.3 is 19.0 Å². The zero-order valence-electron chi connectivity index (χ0n) is 17.3. The fourth-order valence-electron chi connectivity index (χ4n) is 3.56. The van der Waals surface area contributed by atoms with Gasteiger partial charge in [0.1, 0.15) is 30.0 Å². The van der Waals surface area contributed by atoms with Crippen molar-refractivity contribution < 1.29 is 19.0 Å². The van der Waals surface area contributed by atoms with E-state index in [1.807, 2.05) is 31.2 Å². The second-order valence-electron chi connectivity index (χ2n) is 8.03. The average Bonchev–Trinajstić information content (AvgIpc) is 3.32. The molecule has 1 aromatic heterocycles. The molecular weight excluding hydrogens is 354 g/mol. The molecule has 1 aliphatic rings. The molecule has 1 saturated heterocycles. The van der Waals surface area contributed by atoms with E-state index in [9.17, 15) is 5.11 Å². The maximum Gasteiger partial charge on any atom is 0.119 e. The summed E-state index contributed by atoms with van der Waals surface area (Å²) in [7, 11) is 0. The molecule has 154 valence electrons. The van der Waals surface area contributed by atoms with Crippen LogP contribution < -0.4 is 4.74 Å². The van der Waals surface area contributed by atoms with Crippen LogP contribution in [0.5, 0.6) is 5.75 Å². The number of rotatable bonds is 10. The van der Waals surface area contributed by atoms with Crippen molar-refractivity contribution in [2.75, 3.05) is 26.3 Å². The second kappa shape index (κ2) is 10.1. The Morgan fingerprint density at radius 1 is 1.18 bits per heavy atom. The Morgan fingerprint density at radius 3 is 2.57 bits per heavy atom. The van der Waals surface area contributed by atoms with Gasteiger partial charge in [0.25, 0.3) is 0 Å². The first-order valence-corrected chi connectivity index (χ1v) is 10.3. The average molecular weight is 388 g/mol. The van der Waals surface area contributed by atoms with Crippen LogP contribution in [-0.2, 0) is 11.3 Å². The molecule has 0 radical (unpaired) electrons. The van der Waals surface area contributed by atoms with Crippen molar-refractivity contribution in [2.45, 2.75) is 58.3 Å². The van der Waals surface area contributed by atoms with Gasteiger partial charge in [-0.3, -0.25) is 4.90 Å². The predicted molar refractivity (Wildman–Crippen MR) is 110 cm³/mol. The minimum absolute atomic E-state index is 0.229. The molecule has 5 nitrogen and oxygen atoms in total. The van der Waals surface area contributed by atoms with Crippen LogP contribution in [0.15, 0.2) is 40.8 Å². The second-order valence-corrected chi connectivity index (χ2v) is 8.03. The van der Waals surface area contributed by atoms with Crippen LogP contribution in [0.3, 0.4) is 0 Å². The summed E-state index contributed by atoms with van der Waals surface area (Å²) in [5.74, 6) is 3.10. The Hall–Kier alpha value is -1.82. The van der Waals surface area contributed by atoms with Crippen molar-refractivity contribution in [3.63, 3.8) is 0 Å². The summed E-state index contributed by atoms with van der Waals surface area (Å²) in [4.78, 5) is 2.20. The monoisotopic (exact) mass is 387 g/mol. The van der Waals surface area contributed by atoms with E-state index in [1.165, 1.54) is 5.56 Å². The number of aliphatic hydroxyl groups is 1. The van der Waals surface area contributed by atoms with Crippen LogP contribution in [0.1, 0.15) is 49.7 Å². The molecule has 0 aliphatic carbocycles. The van der Waals surface area contributed by atoms with E-state index in [1.54, 1.807) is 0 Å². The molecule has 0 spiro atoms. The molecular formula is C23H33NO4. The summed E-state index contributed by atoms with van der Waals surface area (Å²) in [6.07, 6.45) is 1.83. The number of hydrogen-bond donors (Lipinski definition) is 1. The highest BCUT2D eigenvalue weighted by molar-refractivity contribution is 5.28. The van der Waals surface area contributed by atoms with E-state index in [2.05, 4.69) is 30.9 Å². The molecule has 1 N–H and O–H groups in total. The smallest absolute Gasteiger partial charge is 0.119 e. The lowest BCUT2D eigenvalue weighted by Crippen LogP contribution is -2.39. The minimum atomic E-state index is -0.581. The van der Waals surface area contributed by atoms with Crippen LogP contribution in [-0.4, -0.2) is 48.5 Å². The Balaban J connectivity index is 1.52. The fraction of sp³-hybridized carbons (Fsp3) is 0.565. The predicted octanol–water partition coefficient (Wildman–Crippen LogP) is 4.13. The third-order valence-corrected chi connectivity index (χ3v) is 5.12. The first-order chi connectivity index (χ1) is 13.5. The number of hydrogen-bond acceptors (Lipinski definition) is 5. The van der Waals surface area contributed by atoms with E-state index in [-0.39, 0.29) is 12.7 Å². The normalized spacial score (nSPS) is 18.1. The lowest BCUT2D eigenvalue weighted by Gasteiger charge is -2.26. The molecule has 0 bridgehead atoms. The van der Waals surface area contributed by atoms with Crippen molar-refractivity contribution in [1.29, 1.82) is 0 Å². The Kier molecular flexibility index (Phi) is 7.54. The highest BCUT2D eigenvalue weighted by Crippen LogP contribution is 2.19. The standard InChI is InChI=1S/C23H33NO4/c1-17(2)19-7-10-21(11-8-19)27-16-20(25)13-24(14-22-5-4-12-26-22)15-23-9-6-18(3)28-23/h6-11,17,20,22,25H,4-5,12-16H2,1-3H3. The quantitative estimate of drug-likeness (QED) is 0.664. The number of benzene rings is 1. The molecule has 1 aliphatic heterocycles. The summed E-state index contributed by atoms with van der Waals surface area (Å²) < 4.78 is 17.3. The first-order valence-electron chi connectivity index (χ1n) is 10.3. The van der Waals surface area contributed by atoms with Gasteiger partial charge in [-0.05, 0) is 55.5 Å². The Bertz CT molecular complexity index is 704. The van der Waals surface area contributed by atoms with Crippen LogP contribution >= 0.6 is 0 Å². The van der Waals surface area contributed by atoms with Gasteiger partial charge in [-0.1, -0.05) is 26.0 Å². The van der Waals surface area contributed by atoms with Crippen LogP contribution in [0, 0.1) is 6.92 Å². The molecule has 1 aromatic carbocycles. The lowest BCUT2D eigenvalue weighted by molar-refractivity contribution is 0.0289. The highest BCUT2D eigenvalue weighted by atomic mass is 16.5. The number of aryl methyl sites for hydroxylation is 1. The third-order valence-electron chi connectivity index (χ3n) is 5.12. The van der Waals surface area contributed by atoms with Crippen LogP contribution in [0.2, 0.25) is 0 Å². The number of nitrogens with zero attached hydrogens (tertiary/aromatic N) is 1. The molecule has 3 rings (SSSR count). The van der Waals surface area contributed by atoms with Crippen molar-refractivity contribution >= 4 is 0 Å². The fourth-order valence-corrected chi connectivity index (χ4v) is 3.56. The van der Waals surface area contributed by atoms with Gasteiger partial charge in [0.2, 0.25) is 0 Å². The van der Waals surface area contributed by atoms with Gasteiger partial charge in [-0.15, -0.1) is 0 Å². The SMILES string of the molecule is Cc1ccc(CN(CC(O)COc2ccc(C(C)C)cc2)CC2CCCO2)o1. The van der Waals surface area contributed by atoms with Gasteiger partial charge in [-0.2, -0.15) is 0 Å². The van der Waals surface area contributed by atoms with Crippen molar-refractivity contribution in [2.24, 2.45) is 0 Å². The molecule has 2 heterocycles. The lowest BCUT2D eigenvalue weighted by atomic mass is 10.0. The maximum atomic E-state index is 10.5. The molecule has 0 saturated carbocycles. The molecule has 2 aromatic rings. The van der Waals surface area contributed by atoms with Gasteiger partial charge in [0.15, 0.2) is 0 Å². The van der Waals surface area contributed by atoms with Crippen molar-refractivity contribution in [3.8, 4) is 5.75 Å². The van der Waals surface area contributed by atoms with E-state index in [4.69, 9.17) is 13.9 Å². The molecule has 2 atom stereocenters. The topological polar surface area (TPSA) is 55.1 Å². The highest BCUT2D eigenvalue weighted by Gasteiger charge is 2.22. The minimum Gasteiger partial charge on any atom is -0.491 e. The Labute approximate surface area is 168 Å². The maximum absolute atomic E-state index is 10.5. The molecule has 5 heteroatoms. The third kappa shape index (κ3) is 6.36. The van der Waals surface area contributed by atoms with E-state index in [0.29, 0.717) is 19.0 Å². The number of aliphatic hydroxyl groups excluding tert-OH is 1. The molecule has 28 heavy (non-hydrogen) atoms. The van der Waals surface area contributed by atoms with Crippen LogP contribution in [0.25, 0.3) is 0 Å². The summed E-state index contributed by atoms with van der Waals surface area (Å²) in [6, 6.07) is 12.1. The van der Waals surface area contributed by atoms with Gasteiger partial charge in [0, 0.05) is 19.7 Å². The van der Waals surface area contributed by atoms with Crippen LogP contribution in [0.4, 0.5) is 0 Å². The summed E-state index contributed by atoms with van der Waals surface area (Å²) in [6.45, 7) is 9.35. The molecule has 2 unspecified atom stereocenters. The summed E-state index contributed by atoms with van der Waals surface area (Å²) in [5, 5.41) is 10.5. The Morgan fingerprint density at radius 2 is 1.96 bits per heavy atom. The largest absolute Gasteiger partial charge is 0.491 e.